The molecule has 0 radical (unpaired) electrons. The molecule has 0 amide bonds. The number of likely N-dealkylation sites (tertiary alicyclic amines) is 1. The molecule has 0 aromatic carbocycles. The van der Waals surface area contributed by atoms with Gasteiger partial charge in [0.15, 0.2) is 0 Å². The molecule has 1 aliphatic rings. The summed E-state index contributed by atoms with van der Waals surface area (Å²) in [5.74, 6) is 0.673. The molecule has 1 N–H and O–H groups in total. The van der Waals surface area contributed by atoms with Crippen molar-refractivity contribution in [3.05, 3.63) is 45.7 Å². The Balaban J connectivity index is 1.43. The van der Waals surface area contributed by atoms with Gasteiger partial charge < -0.3 is 5.32 Å². The van der Waals surface area contributed by atoms with E-state index in [2.05, 4.69) is 53.1 Å². The first-order chi connectivity index (χ1) is 11.6. The maximum absolute atomic E-state index is 4.52. The van der Waals surface area contributed by atoms with Gasteiger partial charge in [-0.2, -0.15) is 0 Å². The van der Waals surface area contributed by atoms with E-state index in [1.807, 2.05) is 23.6 Å². The number of nitrogens with one attached hydrogen (secondary N) is 1. The number of thiazole rings is 1. The SMILES string of the molecule is Cc1nc(C)c(CCNC2CCN(Cc3ccccn3)CC2C)s1. The minimum atomic E-state index is 0.624. The van der Waals surface area contributed by atoms with Crippen LogP contribution in [0.1, 0.15) is 34.6 Å². The summed E-state index contributed by atoms with van der Waals surface area (Å²) in [6, 6.07) is 6.80. The number of pyridine rings is 1. The molecule has 0 aliphatic carbocycles. The van der Waals surface area contributed by atoms with Gasteiger partial charge in [0.25, 0.3) is 0 Å². The van der Waals surface area contributed by atoms with Gasteiger partial charge in [0.1, 0.15) is 0 Å². The summed E-state index contributed by atoms with van der Waals surface area (Å²) in [6.45, 7) is 10.9. The second kappa shape index (κ2) is 8.19. The first kappa shape index (κ1) is 17.5. The van der Waals surface area contributed by atoms with Crippen molar-refractivity contribution in [2.75, 3.05) is 19.6 Å². The standard InChI is InChI=1S/C19H28N4S/c1-14-12-23(13-17-6-4-5-9-20-17)11-8-18(14)21-10-7-19-15(2)22-16(3)24-19/h4-6,9,14,18,21H,7-8,10-13H2,1-3H3. The first-order valence-corrected chi connectivity index (χ1v) is 9.72. The molecular weight excluding hydrogens is 316 g/mol. The zero-order chi connectivity index (χ0) is 16.9. The fourth-order valence-corrected chi connectivity index (χ4v) is 4.51. The van der Waals surface area contributed by atoms with Crippen LogP contribution in [0, 0.1) is 19.8 Å². The lowest BCUT2D eigenvalue weighted by atomic mass is 9.93. The van der Waals surface area contributed by atoms with E-state index < -0.39 is 0 Å². The Bertz CT molecular complexity index is 640. The summed E-state index contributed by atoms with van der Waals surface area (Å²) in [7, 11) is 0. The number of rotatable bonds is 6. The highest BCUT2D eigenvalue weighted by molar-refractivity contribution is 7.11. The highest BCUT2D eigenvalue weighted by Gasteiger charge is 2.25. The summed E-state index contributed by atoms with van der Waals surface area (Å²) < 4.78 is 0. The molecular formula is C19H28N4S. The van der Waals surface area contributed by atoms with Crippen molar-refractivity contribution in [1.29, 1.82) is 0 Å². The van der Waals surface area contributed by atoms with Crippen LogP contribution in [-0.4, -0.2) is 40.5 Å². The van der Waals surface area contributed by atoms with E-state index >= 15 is 0 Å². The number of piperidine rings is 1. The normalized spacial score (nSPS) is 22.0. The molecule has 2 unspecified atom stereocenters. The minimum absolute atomic E-state index is 0.624. The van der Waals surface area contributed by atoms with Crippen LogP contribution < -0.4 is 5.32 Å². The van der Waals surface area contributed by atoms with Gasteiger partial charge in [-0.05, 0) is 44.7 Å². The van der Waals surface area contributed by atoms with Gasteiger partial charge in [0.2, 0.25) is 0 Å². The topological polar surface area (TPSA) is 41.1 Å². The fourth-order valence-electron chi connectivity index (χ4n) is 3.58. The Hall–Kier alpha value is -1.30. The van der Waals surface area contributed by atoms with E-state index in [9.17, 15) is 0 Å². The number of hydrogen-bond acceptors (Lipinski definition) is 5. The van der Waals surface area contributed by atoms with Crippen molar-refractivity contribution in [2.45, 2.75) is 46.2 Å². The van der Waals surface area contributed by atoms with Crippen LogP contribution in [0.5, 0.6) is 0 Å². The van der Waals surface area contributed by atoms with E-state index in [0.717, 1.165) is 32.6 Å². The summed E-state index contributed by atoms with van der Waals surface area (Å²) in [5.41, 5.74) is 2.38. The van der Waals surface area contributed by atoms with Gasteiger partial charge in [0.05, 0.1) is 16.4 Å². The third kappa shape index (κ3) is 4.62. The molecule has 2 aromatic heterocycles. The van der Waals surface area contributed by atoms with E-state index in [4.69, 9.17) is 0 Å². The van der Waals surface area contributed by atoms with Crippen LogP contribution in [0.25, 0.3) is 0 Å². The molecule has 130 valence electrons. The van der Waals surface area contributed by atoms with Crippen molar-refractivity contribution >= 4 is 11.3 Å². The Morgan fingerprint density at radius 2 is 2.21 bits per heavy atom. The molecule has 1 fully saturated rings. The van der Waals surface area contributed by atoms with Gasteiger partial charge in [-0.1, -0.05) is 13.0 Å². The number of nitrogens with zero attached hydrogens (tertiary/aromatic N) is 3. The number of hydrogen-bond donors (Lipinski definition) is 1. The predicted molar refractivity (Wildman–Crippen MR) is 100 cm³/mol. The maximum atomic E-state index is 4.52. The van der Waals surface area contributed by atoms with Crippen LogP contribution in [-0.2, 0) is 13.0 Å². The zero-order valence-corrected chi connectivity index (χ0v) is 15.8. The molecule has 24 heavy (non-hydrogen) atoms. The molecule has 3 rings (SSSR count). The van der Waals surface area contributed by atoms with Crippen molar-refractivity contribution in [3.63, 3.8) is 0 Å². The second-order valence-electron chi connectivity index (χ2n) is 6.87. The average Bonchev–Trinajstić information content (AvgIpc) is 2.88. The highest BCUT2D eigenvalue weighted by Crippen LogP contribution is 2.20. The quantitative estimate of drug-likeness (QED) is 0.874. The molecule has 0 saturated carbocycles. The first-order valence-electron chi connectivity index (χ1n) is 8.90. The lowest BCUT2D eigenvalue weighted by molar-refractivity contribution is 0.140. The van der Waals surface area contributed by atoms with Crippen LogP contribution >= 0.6 is 11.3 Å². The monoisotopic (exact) mass is 344 g/mol. The highest BCUT2D eigenvalue weighted by atomic mass is 32.1. The predicted octanol–water partition coefficient (Wildman–Crippen LogP) is 3.20. The molecule has 1 saturated heterocycles. The van der Waals surface area contributed by atoms with E-state index in [-0.39, 0.29) is 0 Å². The van der Waals surface area contributed by atoms with Crippen LogP contribution in [0.2, 0.25) is 0 Å². The molecule has 1 aliphatic heterocycles. The third-order valence-corrected chi connectivity index (χ3v) is 5.99. The lowest BCUT2D eigenvalue weighted by Crippen LogP contribution is -2.48. The Kier molecular flexibility index (Phi) is 5.98. The minimum Gasteiger partial charge on any atom is -0.313 e. The zero-order valence-electron chi connectivity index (χ0n) is 15.0. The Labute approximate surface area is 149 Å². The summed E-state index contributed by atoms with van der Waals surface area (Å²) in [6.07, 6.45) is 4.20. The van der Waals surface area contributed by atoms with Crippen molar-refractivity contribution in [3.8, 4) is 0 Å². The molecule has 0 bridgehead atoms. The molecule has 2 atom stereocenters. The lowest BCUT2D eigenvalue weighted by Gasteiger charge is -2.37. The Morgan fingerprint density at radius 1 is 1.33 bits per heavy atom. The van der Waals surface area contributed by atoms with Gasteiger partial charge in [0, 0.05) is 43.3 Å². The van der Waals surface area contributed by atoms with Crippen molar-refractivity contribution in [2.24, 2.45) is 5.92 Å². The van der Waals surface area contributed by atoms with Crippen molar-refractivity contribution in [1.82, 2.24) is 20.2 Å². The van der Waals surface area contributed by atoms with Gasteiger partial charge in [-0.3, -0.25) is 9.88 Å². The summed E-state index contributed by atoms with van der Waals surface area (Å²) >= 11 is 1.84. The smallest absolute Gasteiger partial charge is 0.0900 e. The van der Waals surface area contributed by atoms with E-state index in [1.165, 1.54) is 27.7 Å². The van der Waals surface area contributed by atoms with E-state index in [1.54, 1.807) is 0 Å². The maximum Gasteiger partial charge on any atom is 0.0900 e. The Morgan fingerprint density at radius 3 is 2.88 bits per heavy atom. The van der Waals surface area contributed by atoms with E-state index in [0.29, 0.717) is 12.0 Å². The molecule has 0 spiro atoms. The average molecular weight is 345 g/mol. The largest absolute Gasteiger partial charge is 0.313 e. The van der Waals surface area contributed by atoms with Crippen LogP contribution in [0.15, 0.2) is 24.4 Å². The van der Waals surface area contributed by atoms with Gasteiger partial charge in [-0.15, -0.1) is 11.3 Å². The second-order valence-corrected chi connectivity index (χ2v) is 8.16. The summed E-state index contributed by atoms with van der Waals surface area (Å²) in [5, 5.41) is 4.96. The third-order valence-electron chi connectivity index (χ3n) is 4.86. The molecule has 5 heteroatoms. The van der Waals surface area contributed by atoms with Crippen molar-refractivity contribution < 1.29 is 0 Å². The number of aryl methyl sites for hydroxylation is 2. The fraction of sp³-hybridized carbons (Fsp3) is 0.579. The summed E-state index contributed by atoms with van der Waals surface area (Å²) in [4.78, 5) is 12.9. The van der Waals surface area contributed by atoms with Gasteiger partial charge >= 0.3 is 0 Å². The molecule has 2 aromatic rings. The number of aromatic nitrogens is 2. The van der Waals surface area contributed by atoms with Gasteiger partial charge in [-0.25, -0.2) is 4.98 Å². The van der Waals surface area contributed by atoms with Crippen LogP contribution in [0.4, 0.5) is 0 Å². The molecule has 4 nitrogen and oxygen atoms in total. The molecule has 3 heterocycles. The van der Waals surface area contributed by atoms with Crippen LogP contribution in [0.3, 0.4) is 0 Å².